The summed E-state index contributed by atoms with van der Waals surface area (Å²) in [7, 11) is 3.23. The molecule has 7 heteroatoms. The van der Waals surface area contributed by atoms with E-state index in [-0.39, 0.29) is 23.3 Å². The van der Waals surface area contributed by atoms with E-state index in [0.29, 0.717) is 35.3 Å². The van der Waals surface area contributed by atoms with Gasteiger partial charge in [-0.25, -0.2) is 4.39 Å². The molecule has 0 radical (unpaired) electrons. The van der Waals surface area contributed by atoms with Gasteiger partial charge in [0, 0.05) is 12.7 Å². The van der Waals surface area contributed by atoms with Crippen LogP contribution in [0.15, 0.2) is 54.6 Å². The van der Waals surface area contributed by atoms with Crippen LogP contribution in [0.5, 0.6) is 17.2 Å². The number of carboxylic acids is 1. The zero-order valence-corrected chi connectivity index (χ0v) is 24.6. The Morgan fingerprint density at radius 2 is 1.76 bits per heavy atom. The van der Waals surface area contributed by atoms with Crippen molar-refractivity contribution in [1.29, 1.82) is 0 Å². The Morgan fingerprint density at radius 1 is 1.00 bits per heavy atom. The van der Waals surface area contributed by atoms with Crippen LogP contribution in [0.3, 0.4) is 0 Å². The Kier molecular flexibility index (Phi) is 8.02. The predicted molar refractivity (Wildman–Crippen MR) is 155 cm³/mol. The summed E-state index contributed by atoms with van der Waals surface area (Å²) in [6, 6.07) is 16.4. The highest BCUT2D eigenvalue weighted by Gasteiger charge is 2.39. The minimum atomic E-state index is -0.790. The van der Waals surface area contributed by atoms with Crippen molar-refractivity contribution in [3.63, 3.8) is 0 Å². The van der Waals surface area contributed by atoms with Gasteiger partial charge in [-0.3, -0.25) is 4.79 Å². The molecule has 1 aliphatic carbocycles. The van der Waals surface area contributed by atoms with Gasteiger partial charge in [-0.2, -0.15) is 0 Å². The van der Waals surface area contributed by atoms with Crippen molar-refractivity contribution in [2.24, 2.45) is 17.3 Å². The molecule has 6 nitrogen and oxygen atoms in total. The molecule has 0 saturated heterocycles. The largest absolute Gasteiger partial charge is 0.497 e. The normalized spacial score (nSPS) is 18.9. The first-order chi connectivity index (χ1) is 19.5. The molecule has 2 aliphatic rings. The third-order valence-corrected chi connectivity index (χ3v) is 8.29. The SMILES string of the molecule is COc1ccc(F)c(-c2ccc([C@@H]3COc4ccc(C(C5CC5)[C@H](C)C(=O)O)cc4O3)cc2C(OC)C(C)(C)C)c1. The topological polar surface area (TPSA) is 74.2 Å². The predicted octanol–water partition coefficient (Wildman–Crippen LogP) is 7.96. The molecule has 1 heterocycles. The number of halogens is 1. The number of hydrogen-bond donors (Lipinski definition) is 1. The Hall–Kier alpha value is -3.58. The molecule has 4 atom stereocenters. The van der Waals surface area contributed by atoms with E-state index in [9.17, 15) is 9.90 Å². The molecule has 3 aromatic rings. The summed E-state index contributed by atoms with van der Waals surface area (Å²) in [6.45, 7) is 8.36. The Bertz CT molecular complexity index is 1420. The zero-order valence-electron chi connectivity index (χ0n) is 24.6. The van der Waals surface area contributed by atoms with E-state index in [1.807, 2.05) is 36.4 Å². The summed E-state index contributed by atoms with van der Waals surface area (Å²) < 4.78 is 39.1. The Labute approximate surface area is 241 Å². The van der Waals surface area contributed by atoms with Crippen molar-refractivity contribution in [1.82, 2.24) is 0 Å². The Morgan fingerprint density at radius 3 is 2.39 bits per heavy atom. The molecule has 2 unspecified atom stereocenters. The molecule has 0 amide bonds. The number of carboxylic acid groups (broad SMARTS) is 1. The van der Waals surface area contributed by atoms with Crippen molar-refractivity contribution in [3.05, 3.63) is 77.1 Å². The van der Waals surface area contributed by atoms with Crippen LogP contribution in [0.2, 0.25) is 0 Å². The van der Waals surface area contributed by atoms with E-state index in [0.717, 1.165) is 35.1 Å². The lowest BCUT2D eigenvalue weighted by molar-refractivity contribution is -0.142. The van der Waals surface area contributed by atoms with Gasteiger partial charge in [0.2, 0.25) is 0 Å². The molecule has 41 heavy (non-hydrogen) atoms. The Balaban J connectivity index is 1.52. The van der Waals surface area contributed by atoms with Crippen LogP contribution in [0.25, 0.3) is 11.1 Å². The van der Waals surface area contributed by atoms with Gasteiger partial charge >= 0.3 is 5.97 Å². The van der Waals surface area contributed by atoms with Crippen LogP contribution in [-0.4, -0.2) is 31.9 Å². The second kappa shape index (κ2) is 11.4. The quantitative estimate of drug-likeness (QED) is 0.285. The number of aliphatic carboxylic acids is 1. The van der Waals surface area contributed by atoms with Crippen molar-refractivity contribution in [2.75, 3.05) is 20.8 Å². The molecule has 5 rings (SSSR count). The smallest absolute Gasteiger partial charge is 0.306 e. The number of benzene rings is 3. The van der Waals surface area contributed by atoms with E-state index in [2.05, 4.69) is 20.8 Å². The number of carbonyl (C=O) groups is 1. The minimum Gasteiger partial charge on any atom is -0.497 e. The fourth-order valence-corrected chi connectivity index (χ4v) is 6.07. The van der Waals surface area contributed by atoms with Crippen molar-refractivity contribution in [3.8, 4) is 28.4 Å². The first kappa shape index (κ1) is 28.9. The van der Waals surface area contributed by atoms with Gasteiger partial charge in [0.1, 0.15) is 18.2 Å². The summed E-state index contributed by atoms with van der Waals surface area (Å²) in [6.07, 6.45) is 1.34. The molecule has 0 bridgehead atoms. The second-order valence-corrected chi connectivity index (χ2v) is 12.3. The van der Waals surface area contributed by atoms with Crippen LogP contribution in [0, 0.1) is 23.1 Å². The molecular weight excluding hydrogens is 523 g/mol. The van der Waals surface area contributed by atoms with Crippen molar-refractivity contribution < 1.29 is 33.2 Å². The van der Waals surface area contributed by atoms with Gasteiger partial charge in [0.05, 0.1) is 19.1 Å². The van der Waals surface area contributed by atoms with Crippen LogP contribution in [0.1, 0.15) is 75.4 Å². The lowest BCUT2D eigenvalue weighted by atomic mass is 9.80. The molecule has 218 valence electrons. The lowest BCUT2D eigenvalue weighted by Crippen LogP contribution is -2.24. The average molecular weight is 563 g/mol. The van der Waals surface area contributed by atoms with Gasteiger partial charge in [-0.05, 0) is 88.7 Å². The number of ether oxygens (including phenoxy) is 4. The molecule has 3 aromatic carbocycles. The molecule has 1 aliphatic heterocycles. The average Bonchev–Trinajstić information content (AvgIpc) is 3.78. The summed E-state index contributed by atoms with van der Waals surface area (Å²) in [5.74, 6) is 0.488. The monoisotopic (exact) mass is 562 g/mol. The minimum absolute atomic E-state index is 0.0698. The van der Waals surface area contributed by atoms with Crippen LogP contribution < -0.4 is 14.2 Å². The summed E-state index contributed by atoms with van der Waals surface area (Å²) in [4.78, 5) is 11.8. The number of methoxy groups -OCH3 is 2. The number of hydrogen-bond acceptors (Lipinski definition) is 5. The number of fused-ring (bicyclic) bond motifs is 1. The highest BCUT2D eigenvalue weighted by atomic mass is 19.1. The van der Waals surface area contributed by atoms with Gasteiger partial charge in [-0.1, -0.05) is 45.9 Å². The summed E-state index contributed by atoms with van der Waals surface area (Å²) in [5, 5.41) is 9.72. The van der Waals surface area contributed by atoms with Gasteiger partial charge in [0.15, 0.2) is 17.6 Å². The van der Waals surface area contributed by atoms with Crippen LogP contribution >= 0.6 is 0 Å². The molecule has 1 N–H and O–H groups in total. The standard InChI is InChI=1S/C34H39FO6/c1-19(33(36)37)31(20-7-8-20)22-10-14-28-29(16-22)41-30(18-40-28)21-9-12-24(25-17-23(38-5)11-13-27(25)35)26(15-21)32(39-6)34(2,3)4/h9-17,19-20,30-32H,7-8,18H2,1-6H3,(H,36,37)/t19-,30-,31?,32?/m0/s1. The highest BCUT2D eigenvalue weighted by molar-refractivity contribution is 5.72. The lowest BCUT2D eigenvalue weighted by Gasteiger charge is -2.33. The highest BCUT2D eigenvalue weighted by Crippen LogP contribution is 2.49. The van der Waals surface area contributed by atoms with E-state index in [1.54, 1.807) is 33.3 Å². The zero-order chi connectivity index (χ0) is 29.5. The third kappa shape index (κ3) is 5.91. The maximum atomic E-state index is 15.1. The van der Waals surface area contributed by atoms with Crippen molar-refractivity contribution in [2.45, 2.75) is 58.7 Å². The summed E-state index contributed by atoms with van der Waals surface area (Å²) >= 11 is 0. The molecular formula is C34H39FO6. The second-order valence-electron chi connectivity index (χ2n) is 12.3. The maximum Gasteiger partial charge on any atom is 0.306 e. The molecule has 0 spiro atoms. The molecule has 1 fully saturated rings. The fraction of sp³-hybridized carbons (Fsp3) is 0.441. The van der Waals surface area contributed by atoms with Crippen LogP contribution in [-0.2, 0) is 9.53 Å². The number of rotatable bonds is 9. The molecule has 1 saturated carbocycles. The van der Waals surface area contributed by atoms with Gasteiger partial charge in [0.25, 0.3) is 0 Å². The van der Waals surface area contributed by atoms with E-state index in [1.165, 1.54) is 6.07 Å². The van der Waals surface area contributed by atoms with Crippen molar-refractivity contribution >= 4 is 5.97 Å². The first-order valence-corrected chi connectivity index (χ1v) is 14.2. The molecule has 0 aromatic heterocycles. The maximum absolute atomic E-state index is 15.1. The van der Waals surface area contributed by atoms with E-state index >= 15 is 4.39 Å². The van der Waals surface area contributed by atoms with Gasteiger partial charge in [-0.15, -0.1) is 0 Å². The van der Waals surface area contributed by atoms with Crippen LogP contribution in [0.4, 0.5) is 4.39 Å². The third-order valence-electron chi connectivity index (χ3n) is 8.29. The van der Waals surface area contributed by atoms with E-state index in [4.69, 9.17) is 18.9 Å². The summed E-state index contributed by atoms with van der Waals surface area (Å²) in [5.41, 5.74) is 3.57. The van der Waals surface area contributed by atoms with E-state index < -0.39 is 18.0 Å². The first-order valence-electron chi connectivity index (χ1n) is 14.2. The van der Waals surface area contributed by atoms with Gasteiger partial charge < -0.3 is 24.1 Å². The fourth-order valence-electron chi connectivity index (χ4n) is 6.07.